The van der Waals surface area contributed by atoms with Gasteiger partial charge in [0.15, 0.2) is 5.96 Å². The van der Waals surface area contributed by atoms with E-state index >= 15 is 0 Å². The molecule has 0 saturated heterocycles. The summed E-state index contributed by atoms with van der Waals surface area (Å²) in [5, 5.41) is 18.9. The molecule has 0 fully saturated rings. The molecule has 0 aliphatic carbocycles. The van der Waals surface area contributed by atoms with Crippen LogP contribution in [0.15, 0.2) is 29.3 Å². The number of ether oxygens (including phenoxy) is 2. The fraction of sp³-hybridized carbons (Fsp3) is 0.579. The van der Waals surface area contributed by atoms with Crippen molar-refractivity contribution < 1.29 is 28.2 Å². The summed E-state index contributed by atoms with van der Waals surface area (Å²) in [7, 11) is 0. The number of rotatable bonds is 9. The Morgan fingerprint density at radius 2 is 1.73 bits per heavy atom. The topological polar surface area (TPSA) is 104 Å². The molecular formula is C19H31F2IN4O4. The highest BCUT2D eigenvalue weighted by Gasteiger charge is 2.15. The van der Waals surface area contributed by atoms with Gasteiger partial charge in [0, 0.05) is 19.6 Å². The van der Waals surface area contributed by atoms with Gasteiger partial charge in [0.1, 0.15) is 11.4 Å². The van der Waals surface area contributed by atoms with Gasteiger partial charge in [-0.15, -0.1) is 24.0 Å². The van der Waals surface area contributed by atoms with Crippen molar-refractivity contribution in [2.24, 2.45) is 4.99 Å². The number of nitrogens with one attached hydrogen (secondary N) is 3. The normalized spacial score (nSPS) is 12.6. The van der Waals surface area contributed by atoms with Crippen molar-refractivity contribution in [1.29, 1.82) is 0 Å². The number of guanidine groups is 1. The lowest BCUT2D eigenvalue weighted by Gasteiger charge is -2.20. The van der Waals surface area contributed by atoms with Gasteiger partial charge in [0.25, 0.3) is 0 Å². The van der Waals surface area contributed by atoms with Crippen molar-refractivity contribution >= 4 is 36.0 Å². The highest BCUT2D eigenvalue weighted by atomic mass is 127. The number of hydrogen-bond donors (Lipinski definition) is 4. The van der Waals surface area contributed by atoms with Crippen LogP contribution in [-0.4, -0.2) is 55.6 Å². The molecule has 0 saturated carbocycles. The van der Waals surface area contributed by atoms with Crippen molar-refractivity contribution in [3.05, 3.63) is 29.8 Å². The Bertz CT molecular complexity index is 655. The summed E-state index contributed by atoms with van der Waals surface area (Å²) < 4.78 is 33.8. The van der Waals surface area contributed by atoms with E-state index in [1.54, 1.807) is 20.8 Å². The largest absolute Gasteiger partial charge is 0.444 e. The maximum Gasteiger partial charge on any atom is 0.407 e. The molecule has 1 aromatic carbocycles. The van der Waals surface area contributed by atoms with E-state index in [0.717, 1.165) is 0 Å². The molecule has 1 rings (SSSR count). The summed E-state index contributed by atoms with van der Waals surface area (Å²) in [6.45, 7) is 5.75. The molecule has 1 unspecified atom stereocenters. The van der Waals surface area contributed by atoms with Crippen LogP contribution in [0.3, 0.4) is 0 Å². The van der Waals surface area contributed by atoms with Crippen LogP contribution in [0.1, 0.15) is 39.4 Å². The Balaban J connectivity index is 0.00000841. The molecule has 0 aliphatic heterocycles. The second kappa shape index (κ2) is 14.2. The Hall–Kier alpha value is -1.89. The van der Waals surface area contributed by atoms with E-state index in [0.29, 0.717) is 31.2 Å². The van der Waals surface area contributed by atoms with Crippen LogP contribution in [0, 0.1) is 0 Å². The number of hydrogen-bond acceptors (Lipinski definition) is 5. The molecule has 0 aromatic heterocycles. The second-order valence-electron chi connectivity index (χ2n) is 7.04. The van der Waals surface area contributed by atoms with Gasteiger partial charge in [-0.05, 0) is 45.4 Å². The zero-order valence-electron chi connectivity index (χ0n) is 17.6. The number of benzene rings is 1. The fourth-order valence-corrected chi connectivity index (χ4v) is 2.16. The minimum absolute atomic E-state index is 0. The van der Waals surface area contributed by atoms with E-state index in [1.807, 2.05) is 6.92 Å². The predicted molar refractivity (Wildman–Crippen MR) is 122 cm³/mol. The van der Waals surface area contributed by atoms with Gasteiger partial charge < -0.3 is 30.5 Å². The minimum atomic E-state index is -2.89. The second-order valence-corrected chi connectivity index (χ2v) is 7.04. The molecule has 11 heteroatoms. The molecule has 0 spiro atoms. The number of nitrogens with zero attached hydrogens (tertiary/aromatic N) is 1. The van der Waals surface area contributed by atoms with Gasteiger partial charge in [-0.1, -0.05) is 12.1 Å². The molecule has 30 heavy (non-hydrogen) atoms. The number of aliphatic hydroxyl groups is 1. The highest BCUT2D eigenvalue weighted by Crippen LogP contribution is 2.19. The van der Waals surface area contributed by atoms with Crippen molar-refractivity contribution in [2.45, 2.75) is 46.0 Å². The molecule has 1 amide bonds. The van der Waals surface area contributed by atoms with Crippen molar-refractivity contribution in [3.8, 4) is 5.75 Å². The van der Waals surface area contributed by atoms with Crippen molar-refractivity contribution in [2.75, 3.05) is 26.2 Å². The molecule has 0 radical (unpaired) electrons. The van der Waals surface area contributed by atoms with Crippen LogP contribution in [0.2, 0.25) is 0 Å². The number of aliphatic imine (C=N–C) groups is 1. The average Bonchev–Trinajstić information content (AvgIpc) is 2.61. The van der Waals surface area contributed by atoms with Gasteiger partial charge in [-0.2, -0.15) is 8.78 Å². The third-order valence-corrected chi connectivity index (χ3v) is 3.34. The Morgan fingerprint density at radius 1 is 1.13 bits per heavy atom. The smallest absolute Gasteiger partial charge is 0.407 e. The van der Waals surface area contributed by atoms with Gasteiger partial charge >= 0.3 is 12.7 Å². The first-order chi connectivity index (χ1) is 13.6. The van der Waals surface area contributed by atoms with E-state index in [2.05, 4.69) is 25.7 Å². The number of alkyl carbamates (subject to hydrolysis) is 1. The van der Waals surface area contributed by atoms with E-state index in [4.69, 9.17) is 4.74 Å². The van der Waals surface area contributed by atoms with Crippen molar-refractivity contribution in [3.63, 3.8) is 0 Å². The molecule has 4 N–H and O–H groups in total. The van der Waals surface area contributed by atoms with Crippen LogP contribution < -0.4 is 20.7 Å². The molecule has 8 nitrogen and oxygen atoms in total. The van der Waals surface area contributed by atoms with Gasteiger partial charge in [0.05, 0.1) is 12.6 Å². The maximum atomic E-state index is 12.2. The van der Waals surface area contributed by atoms with Gasteiger partial charge in [-0.25, -0.2) is 4.79 Å². The summed E-state index contributed by atoms with van der Waals surface area (Å²) in [5.41, 5.74) is -0.0359. The zero-order chi connectivity index (χ0) is 21.9. The summed E-state index contributed by atoms with van der Waals surface area (Å²) in [6.07, 6.45) is -1.41. The van der Waals surface area contributed by atoms with Crippen LogP contribution in [0.4, 0.5) is 13.6 Å². The Labute approximate surface area is 192 Å². The number of halogens is 3. The lowest BCUT2D eigenvalue weighted by atomic mass is 10.1. The van der Waals surface area contributed by atoms with Crippen molar-refractivity contribution in [1.82, 2.24) is 16.0 Å². The Kier molecular flexibility index (Phi) is 13.3. The lowest BCUT2D eigenvalue weighted by Crippen LogP contribution is -2.42. The monoisotopic (exact) mass is 544 g/mol. The average molecular weight is 544 g/mol. The zero-order valence-corrected chi connectivity index (χ0v) is 19.9. The summed E-state index contributed by atoms with van der Waals surface area (Å²) in [4.78, 5) is 15.9. The van der Waals surface area contributed by atoms with E-state index < -0.39 is 24.4 Å². The minimum Gasteiger partial charge on any atom is -0.444 e. The first-order valence-electron chi connectivity index (χ1n) is 9.32. The maximum absolute atomic E-state index is 12.2. The molecule has 172 valence electrons. The fourth-order valence-electron chi connectivity index (χ4n) is 2.16. The number of amides is 1. The van der Waals surface area contributed by atoms with Crippen LogP contribution in [0.25, 0.3) is 0 Å². The molecule has 0 aliphatic rings. The summed E-state index contributed by atoms with van der Waals surface area (Å²) in [6, 6.07) is 5.73. The lowest BCUT2D eigenvalue weighted by molar-refractivity contribution is -0.0498. The number of aliphatic hydroxyl groups excluding tert-OH is 1. The van der Waals surface area contributed by atoms with Crippen LogP contribution in [-0.2, 0) is 4.74 Å². The summed E-state index contributed by atoms with van der Waals surface area (Å²) >= 11 is 0. The van der Waals surface area contributed by atoms with E-state index in [-0.39, 0.29) is 36.3 Å². The van der Waals surface area contributed by atoms with Gasteiger partial charge in [-0.3, -0.25) is 4.99 Å². The standard InChI is InChI=1S/C19H30F2N4O4.HI/c1-5-22-17(23-10-11-24-18(27)29-19(2,3)4)25-12-15(26)13-6-8-14(9-7-13)28-16(20)21;/h6-9,15-16,26H,5,10-12H2,1-4H3,(H,24,27)(H2,22,23,25);1H. The summed E-state index contributed by atoms with van der Waals surface area (Å²) in [5.74, 6) is 0.488. The molecule has 1 aromatic rings. The molecule has 1 atom stereocenters. The predicted octanol–water partition coefficient (Wildman–Crippen LogP) is 3.02. The highest BCUT2D eigenvalue weighted by molar-refractivity contribution is 14.0. The number of alkyl halides is 2. The van der Waals surface area contributed by atoms with Crippen LogP contribution >= 0.6 is 24.0 Å². The number of carbonyl (C=O) groups is 1. The first kappa shape index (κ1) is 28.1. The first-order valence-corrected chi connectivity index (χ1v) is 9.32. The molecule has 0 bridgehead atoms. The number of carbonyl (C=O) groups excluding carboxylic acids is 1. The Morgan fingerprint density at radius 3 is 2.27 bits per heavy atom. The molecule has 0 heterocycles. The SMILES string of the molecule is CCNC(=NCC(O)c1ccc(OC(F)F)cc1)NCCNC(=O)OC(C)(C)C.I. The van der Waals surface area contributed by atoms with Gasteiger partial charge in [0.2, 0.25) is 0 Å². The van der Waals surface area contributed by atoms with Crippen LogP contribution in [0.5, 0.6) is 5.75 Å². The van der Waals surface area contributed by atoms with E-state index in [1.165, 1.54) is 24.3 Å². The third-order valence-electron chi connectivity index (χ3n) is 3.34. The molecular weight excluding hydrogens is 513 g/mol. The third kappa shape index (κ3) is 12.6. The quantitative estimate of drug-likeness (QED) is 0.165. The van der Waals surface area contributed by atoms with E-state index in [9.17, 15) is 18.7 Å².